The van der Waals surface area contributed by atoms with Crippen molar-refractivity contribution in [1.29, 1.82) is 0 Å². The summed E-state index contributed by atoms with van der Waals surface area (Å²) < 4.78 is 11.3. The molecule has 21 heavy (non-hydrogen) atoms. The van der Waals surface area contributed by atoms with Crippen LogP contribution in [0.1, 0.15) is 31.1 Å². The number of rotatable bonds is 1. The first-order valence-corrected chi connectivity index (χ1v) is 6.73. The maximum absolute atomic E-state index is 12.2. The van der Waals surface area contributed by atoms with Gasteiger partial charge < -0.3 is 9.47 Å². The third-order valence-electron chi connectivity index (χ3n) is 2.77. The maximum atomic E-state index is 12.2. The van der Waals surface area contributed by atoms with Crippen molar-refractivity contribution in [2.24, 2.45) is 0 Å². The van der Waals surface area contributed by atoms with Crippen molar-refractivity contribution in [2.75, 3.05) is 7.11 Å². The van der Waals surface area contributed by atoms with E-state index in [9.17, 15) is 9.59 Å². The van der Waals surface area contributed by atoms with E-state index in [1.165, 1.54) is 17.7 Å². The minimum Gasteiger partial charge on any atom is -0.465 e. The zero-order valence-corrected chi connectivity index (χ0v) is 13.0. The third-order valence-corrected chi connectivity index (χ3v) is 3.09. The molecular weight excluding hydrogens is 294 g/mol. The molecule has 0 radical (unpaired) electrons. The van der Waals surface area contributed by atoms with Gasteiger partial charge in [-0.2, -0.15) is 0 Å². The summed E-state index contributed by atoms with van der Waals surface area (Å²) in [5, 5.41) is 1.01. The molecule has 0 spiro atoms. The number of benzene rings is 1. The first-order chi connectivity index (χ1) is 9.73. The molecule has 5 nitrogen and oxygen atoms in total. The molecule has 0 aliphatic carbocycles. The number of carbonyl (C=O) groups is 2. The lowest BCUT2D eigenvalue weighted by Crippen LogP contribution is -2.26. The summed E-state index contributed by atoms with van der Waals surface area (Å²) in [5.41, 5.74) is 0.134. The van der Waals surface area contributed by atoms with E-state index in [0.29, 0.717) is 5.52 Å². The monoisotopic (exact) mass is 309 g/mol. The highest BCUT2D eigenvalue weighted by Crippen LogP contribution is 2.26. The first kappa shape index (κ1) is 15.4. The molecule has 0 aliphatic rings. The summed E-state index contributed by atoms with van der Waals surface area (Å²) in [6, 6.07) is 4.86. The Morgan fingerprint density at radius 1 is 1.24 bits per heavy atom. The van der Waals surface area contributed by atoms with E-state index in [0.717, 1.165) is 5.39 Å². The Labute approximate surface area is 127 Å². The number of carbonyl (C=O) groups excluding carboxylic acids is 2. The lowest BCUT2D eigenvalue weighted by atomic mass is 10.1. The standard InChI is InChI=1S/C15H16ClNO4/c1-15(2,3)21-14(19)17-6-5-9-7-11(16)10(8-12(9)17)13(18)20-4/h5-8H,1-4H3. The lowest BCUT2D eigenvalue weighted by molar-refractivity contribution is 0.0541. The Morgan fingerprint density at radius 2 is 1.90 bits per heavy atom. The third kappa shape index (κ3) is 3.19. The number of hydrogen-bond acceptors (Lipinski definition) is 4. The first-order valence-electron chi connectivity index (χ1n) is 6.35. The molecule has 1 aromatic heterocycles. The number of methoxy groups -OCH3 is 1. The van der Waals surface area contributed by atoms with Gasteiger partial charge in [-0.25, -0.2) is 9.59 Å². The Kier molecular flexibility index (Phi) is 3.96. The van der Waals surface area contributed by atoms with Gasteiger partial charge in [0.25, 0.3) is 0 Å². The zero-order chi connectivity index (χ0) is 15.8. The van der Waals surface area contributed by atoms with Crippen LogP contribution in [0.15, 0.2) is 24.4 Å². The molecule has 0 aliphatic heterocycles. The molecule has 6 heteroatoms. The predicted octanol–water partition coefficient (Wildman–Crippen LogP) is 3.86. The van der Waals surface area contributed by atoms with E-state index < -0.39 is 17.7 Å². The number of aromatic nitrogens is 1. The number of halogens is 1. The second-order valence-corrected chi connectivity index (χ2v) is 5.96. The van der Waals surface area contributed by atoms with Crippen LogP contribution in [0.25, 0.3) is 10.9 Å². The molecule has 0 bridgehead atoms. The molecule has 0 saturated heterocycles. The molecule has 0 fully saturated rings. The Morgan fingerprint density at radius 3 is 2.48 bits per heavy atom. The molecular formula is C15H16ClNO4. The average molecular weight is 310 g/mol. The van der Waals surface area contributed by atoms with Gasteiger partial charge >= 0.3 is 12.1 Å². The fraction of sp³-hybridized carbons (Fsp3) is 0.333. The van der Waals surface area contributed by atoms with Crippen molar-refractivity contribution in [1.82, 2.24) is 4.57 Å². The fourth-order valence-corrected chi connectivity index (χ4v) is 2.14. The molecule has 0 saturated carbocycles. The predicted molar refractivity (Wildman–Crippen MR) is 79.9 cm³/mol. The average Bonchev–Trinajstić information content (AvgIpc) is 2.77. The van der Waals surface area contributed by atoms with E-state index in [-0.39, 0.29) is 10.6 Å². The Hall–Kier alpha value is -2.01. The van der Waals surface area contributed by atoms with E-state index in [1.54, 1.807) is 39.1 Å². The van der Waals surface area contributed by atoms with Crippen LogP contribution >= 0.6 is 11.6 Å². The summed E-state index contributed by atoms with van der Waals surface area (Å²) in [6.45, 7) is 5.36. The van der Waals surface area contributed by atoms with E-state index in [1.807, 2.05) is 0 Å². The Bertz CT molecular complexity index is 712. The molecule has 0 unspecified atom stereocenters. The smallest absolute Gasteiger partial charge is 0.418 e. The minimum absolute atomic E-state index is 0.204. The second kappa shape index (κ2) is 5.41. The minimum atomic E-state index is -0.606. The number of ether oxygens (including phenoxy) is 2. The van der Waals surface area contributed by atoms with Crippen LogP contribution in [-0.2, 0) is 9.47 Å². The molecule has 0 N–H and O–H groups in total. The van der Waals surface area contributed by atoms with Gasteiger partial charge in [0, 0.05) is 11.6 Å². The van der Waals surface area contributed by atoms with Gasteiger partial charge in [0.15, 0.2) is 0 Å². The summed E-state index contributed by atoms with van der Waals surface area (Å²) in [7, 11) is 1.27. The van der Waals surface area contributed by atoms with Crippen molar-refractivity contribution < 1.29 is 19.1 Å². The number of hydrogen-bond donors (Lipinski definition) is 0. The molecule has 112 valence electrons. The van der Waals surface area contributed by atoms with Crippen LogP contribution in [-0.4, -0.2) is 29.3 Å². The van der Waals surface area contributed by atoms with Crippen molar-refractivity contribution in [3.8, 4) is 0 Å². The van der Waals surface area contributed by atoms with Gasteiger partial charge in [0.05, 0.1) is 23.2 Å². The highest BCUT2D eigenvalue weighted by atomic mass is 35.5. The molecule has 0 amide bonds. The van der Waals surface area contributed by atoms with Crippen LogP contribution in [0.4, 0.5) is 4.79 Å². The van der Waals surface area contributed by atoms with Crippen molar-refractivity contribution in [2.45, 2.75) is 26.4 Å². The fourth-order valence-electron chi connectivity index (χ4n) is 1.89. The molecule has 2 aromatic rings. The summed E-state index contributed by atoms with van der Waals surface area (Å²) in [5.74, 6) is -0.557. The van der Waals surface area contributed by atoms with Crippen molar-refractivity contribution >= 4 is 34.6 Å². The van der Waals surface area contributed by atoms with Crippen LogP contribution < -0.4 is 0 Å². The van der Waals surface area contributed by atoms with Crippen LogP contribution in [0.5, 0.6) is 0 Å². The normalized spacial score (nSPS) is 11.5. The van der Waals surface area contributed by atoms with Gasteiger partial charge in [-0.1, -0.05) is 11.6 Å². The second-order valence-electron chi connectivity index (χ2n) is 5.55. The summed E-state index contributed by atoms with van der Waals surface area (Å²) in [4.78, 5) is 23.8. The van der Waals surface area contributed by atoms with Crippen LogP contribution in [0.3, 0.4) is 0 Å². The van der Waals surface area contributed by atoms with Gasteiger partial charge in [-0.05, 0) is 39.0 Å². The quantitative estimate of drug-likeness (QED) is 0.750. The Balaban J connectivity index is 2.52. The number of fused-ring (bicyclic) bond motifs is 1. The SMILES string of the molecule is COC(=O)c1cc2c(ccn2C(=O)OC(C)(C)C)cc1Cl. The van der Waals surface area contributed by atoms with Crippen molar-refractivity contribution in [3.63, 3.8) is 0 Å². The molecule has 1 aromatic carbocycles. The topological polar surface area (TPSA) is 57.5 Å². The number of nitrogens with zero attached hydrogens (tertiary/aromatic N) is 1. The number of esters is 1. The largest absolute Gasteiger partial charge is 0.465 e. The maximum Gasteiger partial charge on any atom is 0.418 e. The van der Waals surface area contributed by atoms with Gasteiger partial charge in [-0.15, -0.1) is 0 Å². The lowest BCUT2D eigenvalue weighted by Gasteiger charge is -2.19. The molecule has 2 rings (SSSR count). The van der Waals surface area contributed by atoms with Gasteiger partial charge in [0.2, 0.25) is 0 Å². The molecule has 0 atom stereocenters. The zero-order valence-electron chi connectivity index (χ0n) is 12.3. The molecule has 1 heterocycles. The van der Waals surface area contributed by atoms with Gasteiger partial charge in [0.1, 0.15) is 5.60 Å². The highest BCUT2D eigenvalue weighted by molar-refractivity contribution is 6.34. The van der Waals surface area contributed by atoms with Gasteiger partial charge in [-0.3, -0.25) is 4.57 Å². The van der Waals surface area contributed by atoms with Crippen molar-refractivity contribution in [3.05, 3.63) is 35.0 Å². The van der Waals surface area contributed by atoms with Crippen LogP contribution in [0, 0.1) is 0 Å². The highest BCUT2D eigenvalue weighted by Gasteiger charge is 2.20. The van der Waals surface area contributed by atoms with E-state index in [4.69, 9.17) is 16.3 Å². The summed E-state index contributed by atoms with van der Waals surface area (Å²) in [6.07, 6.45) is 1.06. The van der Waals surface area contributed by atoms with E-state index >= 15 is 0 Å². The van der Waals surface area contributed by atoms with E-state index in [2.05, 4.69) is 4.74 Å². The van der Waals surface area contributed by atoms with Crippen LogP contribution in [0.2, 0.25) is 5.02 Å². The summed E-state index contributed by atoms with van der Waals surface area (Å²) >= 11 is 6.05.